The van der Waals surface area contributed by atoms with Crippen molar-refractivity contribution in [3.05, 3.63) is 72.9 Å². The molecule has 0 aromatic carbocycles. The van der Waals surface area contributed by atoms with E-state index in [1.165, 1.54) is 45.4 Å². The first-order chi connectivity index (χ1) is 18.2. The Morgan fingerprint density at radius 1 is 0.649 bits per heavy atom. The molecule has 0 aromatic rings. The van der Waals surface area contributed by atoms with Gasteiger partial charge in [0.05, 0.1) is 13.2 Å². The van der Waals surface area contributed by atoms with E-state index in [0.717, 1.165) is 51.4 Å². The first-order valence-electron chi connectivity index (χ1n) is 14.5. The molecule has 0 aromatic heterocycles. The van der Waals surface area contributed by atoms with E-state index in [-0.39, 0.29) is 19.2 Å². The van der Waals surface area contributed by atoms with E-state index >= 15 is 0 Å². The van der Waals surface area contributed by atoms with E-state index < -0.39 is 6.10 Å². The van der Waals surface area contributed by atoms with Crippen molar-refractivity contribution in [3.8, 4) is 0 Å². The highest BCUT2D eigenvalue weighted by Gasteiger charge is 2.10. The van der Waals surface area contributed by atoms with Crippen LogP contribution in [0.4, 0.5) is 0 Å². The van der Waals surface area contributed by atoms with Crippen molar-refractivity contribution in [2.45, 2.75) is 110 Å². The average molecular weight is 515 g/mol. The Hall–Kier alpha value is -2.17. The lowest BCUT2D eigenvalue weighted by atomic mass is 10.1. The van der Waals surface area contributed by atoms with Crippen LogP contribution in [0, 0.1) is 0 Å². The normalized spacial score (nSPS) is 13.5. The minimum atomic E-state index is -0.543. The van der Waals surface area contributed by atoms with Crippen LogP contribution in [-0.4, -0.2) is 37.0 Å². The van der Waals surface area contributed by atoms with Crippen molar-refractivity contribution in [2.24, 2.45) is 0 Å². The zero-order valence-electron chi connectivity index (χ0n) is 23.7. The van der Waals surface area contributed by atoms with Gasteiger partial charge in [-0.2, -0.15) is 0 Å². The Morgan fingerprint density at radius 2 is 1.08 bits per heavy atom. The van der Waals surface area contributed by atoms with E-state index in [1.807, 2.05) is 0 Å². The SMILES string of the molecule is CC/C=C\C/C=C\C/C=C\C/C=C\C/C=C\C/C=C\CCCCCCCCCOCC(CO)OC(C)=O. The van der Waals surface area contributed by atoms with Crippen LogP contribution in [0.1, 0.15) is 104 Å². The summed E-state index contributed by atoms with van der Waals surface area (Å²) >= 11 is 0. The minimum Gasteiger partial charge on any atom is -0.458 e. The molecule has 37 heavy (non-hydrogen) atoms. The first-order valence-corrected chi connectivity index (χ1v) is 14.5. The van der Waals surface area contributed by atoms with E-state index in [2.05, 4.69) is 79.8 Å². The standard InChI is InChI=1S/C33H54O4/c1-3-4-5-6-7-8-9-10-11-12-13-14-15-16-17-18-19-20-21-22-23-24-25-26-27-28-29-36-31-33(30-34)37-32(2)35/h4-5,7-8,10-11,13-14,16-17,19-20,33-34H,3,6,9,12,15,18,21-31H2,1-2H3/b5-4-,8-7-,11-10-,14-13-,17-16-,20-19-. The van der Waals surface area contributed by atoms with Gasteiger partial charge in [-0.25, -0.2) is 0 Å². The topological polar surface area (TPSA) is 55.8 Å². The molecular formula is C33H54O4. The minimum absolute atomic E-state index is 0.196. The van der Waals surface area contributed by atoms with Gasteiger partial charge in [0.1, 0.15) is 6.10 Å². The molecule has 210 valence electrons. The van der Waals surface area contributed by atoms with E-state index in [4.69, 9.17) is 14.6 Å². The lowest BCUT2D eigenvalue weighted by Crippen LogP contribution is -2.26. The number of unbranched alkanes of at least 4 members (excludes halogenated alkanes) is 7. The predicted molar refractivity (Wildman–Crippen MR) is 159 cm³/mol. The molecule has 0 aliphatic heterocycles. The van der Waals surface area contributed by atoms with Crippen molar-refractivity contribution in [3.63, 3.8) is 0 Å². The summed E-state index contributed by atoms with van der Waals surface area (Å²) in [5, 5.41) is 9.11. The third-order valence-corrected chi connectivity index (χ3v) is 5.60. The molecule has 1 N–H and O–H groups in total. The van der Waals surface area contributed by atoms with Gasteiger partial charge in [-0.15, -0.1) is 0 Å². The molecule has 0 spiro atoms. The van der Waals surface area contributed by atoms with Crippen molar-refractivity contribution in [1.82, 2.24) is 0 Å². The van der Waals surface area contributed by atoms with Crippen LogP contribution in [0.5, 0.6) is 0 Å². The lowest BCUT2D eigenvalue weighted by Gasteiger charge is -2.14. The number of carbonyl (C=O) groups is 1. The Labute approximate surface area is 227 Å². The molecule has 0 aliphatic carbocycles. The van der Waals surface area contributed by atoms with Gasteiger partial charge in [0.2, 0.25) is 0 Å². The summed E-state index contributed by atoms with van der Waals surface area (Å²) in [5.41, 5.74) is 0. The second kappa shape index (κ2) is 30.1. The van der Waals surface area contributed by atoms with Gasteiger partial charge in [-0.05, 0) is 57.8 Å². The molecule has 0 heterocycles. The lowest BCUT2D eigenvalue weighted by molar-refractivity contribution is -0.152. The summed E-state index contributed by atoms with van der Waals surface area (Å²) in [6.07, 6.45) is 42.3. The molecule has 0 bridgehead atoms. The highest BCUT2D eigenvalue weighted by atomic mass is 16.6. The third-order valence-electron chi connectivity index (χ3n) is 5.60. The summed E-state index contributed by atoms with van der Waals surface area (Å²) in [7, 11) is 0. The monoisotopic (exact) mass is 514 g/mol. The van der Waals surface area contributed by atoms with Crippen LogP contribution in [0.15, 0.2) is 72.9 Å². The number of rotatable bonds is 25. The predicted octanol–water partition coefficient (Wildman–Crippen LogP) is 8.75. The number of ether oxygens (including phenoxy) is 2. The molecule has 4 nitrogen and oxygen atoms in total. The van der Waals surface area contributed by atoms with Gasteiger partial charge >= 0.3 is 5.97 Å². The Morgan fingerprint density at radius 3 is 1.54 bits per heavy atom. The van der Waals surface area contributed by atoms with Gasteiger partial charge in [0, 0.05) is 13.5 Å². The Balaban J connectivity index is 3.42. The highest BCUT2D eigenvalue weighted by Crippen LogP contribution is 2.09. The van der Waals surface area contributed by atoms with Gasteiger partial charge < -0.3 is 14.6 Å². The second-order valence-corrected chi connectivity index (χ2v) is 9.17. The molecule has 0 amide bonds. The number of hydrogen-bond donors (Lipinski definition) is 1. The maximum absolute atomic E-state index is 10.9. The van der Waals surface area contributed by atoms with Crippen LogP contribution >= 0.6 is 0 Å². The maximum atomic E-state index is 10.9. The number of aliphatic hydroxyl groups excluding tert-OH is 1. The molecule has 0 saturated carbocycles. The fourth-order valence-corrected chi connectivity index (χ4v) is 3.56. The average Bonchev–Trinajstić information content (AvgIpc) is 2.89. The fraction of sp³-hybridized carbons (Fsp3) is 0.606. The van der Waals surface area contributed by atoms with E-state index in [0.29, 0.717) is 6.61 Å². The fourth-order valence-electron chi connectivity index (χ4n) is 3.56. The van der Waals surface area contributed by atoms with Gasteiger partial charge in [-0.3, -0.25) is 4.79 Å². The van der Waals surface area contributed by atoms with E-state index in [9.17, 15) is 4.79 Å². The number of allylic oxidation sites excluding steroid dienone is 12. The van der Waals surface area contributed by atoms with E-state index in [1.54, 1.807) is 0 Å². The number of aliphatic hydroxyl groups is 1. The van der Waals surface area contributed by atoms with Crippen molar-refractivity contribution >= 4 is 5.97 Å². The molecule has 0 aliphatic rings. The zero-order valence-corrected chi connectivity index (χ0v) is 23.7. The Bertz CT molecular complexity index is 670. The molecule has 1 atom stereocenters. The van der Waals surface area contributed by atoms with Gasteiger partial charge in [0.15, 0.2) is 0 Å². The number of esters is 1. The molecule has 0 rings (SSSR count). The highest BCUT2D eigenvalue weighted by molar-refractivity contribution is 5.66. The molecule has 4 heteroatoms. The van der Waals surface area contributed by atoms with Crippen molar-refractivity contribution in [1.29, 1.82) is 0 Å². The molecule has 1 unspecified atom stereocenters. The molecule has 0 saturated heterocycles. The maximum Gasteiger partial charge on any atom is 0.303 e. The van der Waals surface area contributed by atoms with Crippen LogP contribution in [-0.2, 0) is 14.3 Å². The quantitative estimate of drug-likeness (QED) is 0.0751. The largest absolute Gasteiger partial charge is 0.458 e. The summed E-state index contributed by atoms with van der Waals surface area (Å²) in [4.78, 5) is 10.9. The first kappa shape index (κ1) is 34.8. The summed E-state index contributed by atoms with van der Waals surface area (Å²) < 4.78 is 10.4. The van der Waals surface area contributed by atoms with Crippen molar-refractivity contribution in [2.75, 3.05) is 19.8 Å². The third kappa shape index (κ3) is 29.9. The Kier molecular flexibility index (Phi) is 28.3. The molecule has 0 radical (unpaired) electrons. The number of carbonyl (C=O) groups excluding carboxylic acids is 1. The smallest absolute Gasteiger partial charge is 0.303 e. The molecule has 0 fully saturated rings. The zero-order chi connectivity index (χ0) is 27.1. The summed E-state index contributed by atoms with van der Waals surface area (Å²) in [6.45, 7) is 4.23. The van der Waals surface area contributed by atoms with Crippen LogP contribution in [0.25, 0.3) is 0 Å². The summed E-state index contributed by atoms with van der Waals surface area (Å²) in [6, 6.07) is 0. The molecular weight excluding hydrogens is 460 g/mol. The van der Waals surface area contributed by atoms with Crippen LogP contribution in [0.3, 0.4) is 0 Å². The number of hydrogen-bond acceptors (Lipinski definition) is 4. The van der Waals surface area contributed by atoms with Gasteiger partial charge in [-0.1, -0.05) is 112 Å². The second-order valence-electron chi connectivity index (χ2n) is 9.17. The van der Waals surface area contributed by atoms with Crippen LogP contribution < -0.4 is 0 Å². The summed E-state index contributed by atoms with van der Waals surface area (Å²) in [5.74, 6) is -0.386. The van der Waals surface area contributed by atoms with Crippen molar-refractivity contribution < 1.29 is 19.4 Å². The van der Waals surface area contributed by atoms with Crippen LogP contribution in [0.2, 0.25) is 0 Å². The van der Waals surface area contributed by atoms with Gasteiger partial charge in [0.25, 0.3) is 0 Å².